The molecule has 0 heterocycles. The molecule has 120 valence electrons. The molecule has 23 heavy (non-hydrogen) atoms. The predicted octanol–water partition coefficient (Wildman–Crippen LogP) is 3.11. The highest BCUT2D eigenvalue weighted by Crippen LogP contribution is 2.19. The monoisotopic (exact) mass is 313 g/mol. The fourth-order valence-electron chi connectivity index (χ4n) is 2.07. The number of amides is 1. The molecule has 2 aromatic carbocycles. The molecule has 5 nitrogen and oxygen atoms in total. The number of esters is 1. The largest absolute Gasteiger partial charge is 0.483 e. The molecule has 0 radical (unpaired) electrons. The van der Waals surface area contributed by atoms with Crippen LogP contribution in [-0.4, -0.2) is 25.6 Å². The summed E-state index contributed by atoms with van der Waals surface area (Å²) >= 11 is 0. The van der Waals surface area contributed by atoms with Crippen molar-refractivity contribution in [2.75, 3.05) is 19.0 Å². The molecule has 0 aromatic heterocycles. The second kappa shape index (κ2) is 7.45. The van der Waals surface area contributed by atoms with Crippen molar-refractivity contribution in [2.45, 2.75) is 13.8 Å². The van der Waals surface area contributed by atoms with Crippen molar-refractivity contribution < 1.29 is 19.1 Å². The number of para-hydroxylation sites is 1. The number of rotatable bonds is 5. The first-order chi connectivity index (χ1) is 11.0. The lowest BCUT2D eigenvalue weighted by atomic mass is 10.1. The van der Waals surface area contributed by atoms with E-state index in [-0.39, 0.29) is 18.1 Å². The van der Waals surface area contributed by atoms with Crippen molar-refractivity contribution >= 4 is 17.6 Å². The summed E-state index contributed by atoms with van der Waals surface area (Å²) in [4.78, 5) is 23.7. The minimum absolute atomic E-state index is 0.193. The zero-order valence-electron chi connectivity index (χ0n) is 13.4. The summed E-state index contributed by atoms with van der Waals surface area (Å²) in [7, 11) is 1.30. The summed E-state index contributed by atoms with van der Waals surface area (Å²) < 4.78 is 10.1. The van der Waals surface area contributed by atoms with Crippen LogP contribution in [0.5, 0.6) is 5.75 Å². The van der Waals surface area contributed by atoms with E-state index in [0.717, 1.165) is 16.8 Å². The van der Waals surface area contributed by atoms with E-state index in [9.17, 15) is 9.59 Å². The van der Waals surface area contributed by atoms with Crippen LogP contribution in [0.2, 0.25) is 0 Å². The second-order valence-corrected chi connectivity index (χ2v) is 5.14. The Bertz CT molecular complexity index is 725. The fraction of sp³-hybridized carbons (Fsp3) is 0.222. The number of hydrogen-bond acceptors (Lipinski definition) is 4. The quantitative estimate of drug-likeness (QED) is 0.861. The molecule has 2 aromatic rings. The number of nitrogens with one attached hydrogen (secondary N) is 1. The molecular formula is C18H19NO4. The van der Waals surface area contributed by atoms with Crippen molar-refractivity contribution in [3.8, 4) is 5.75 Å². The number of carbonyl (C=O) groups is 2. The van der Waals surface area contributed by atoms with Gasteiger partial charge >= 0.3 is 5.97 Å². The second-order valence-electron chi connectivity index (χ2n) is 5.14. The summed E-state index contributed by atoms with van der Waals surface area (Å²) in [5.74, 6) is -0.482. The first-order valence-electron chi connectivity index (χ1n) is 7.18. The highest BCUT2D eigenvalue weighted by Gasteiger charge is 2.13. The zero-order chi connectivity index (χ0) is 16.8. The lowest BCUT2D eigenvalue weighted by molar-refractivity contribution is -0.118. The van der Waals surface area contributed by atoms with Gasteiger partial charge < -0.3 is 14.8 Å². The van der Waals surface area contributed by atoms with Gasteiger partial charge in [-0.2, -0.15) is 0 Å². The number of hydrogen-bond donors (Lipinski definition) is 1. The molecule has 1 N–H and O–H groups in total. The number of anilines is 1. The van der Waals surface area contributed by atoms with Gasteiger partial charge in [-0.25, -0.2) is 4.79 Å². The Balaban J connectivity index is 2.02. The standard InChI is InChI=1S/C18H19NO4/c1-12-8-9-13(2)15(10-12)19-17(20)11-23-16-7-5-4-6-14(16)18(21)22-3/h4-10H,11H2,1-3H3,(H,19,20). The molecule has 0 aliphatic rings. The topological polar surface area (TPSA) is 64.6 Å². The minimum atomic E-state index is -0.504. The SMILES string of the molecule is COC(=O)c1ccccc1OCC(=O)Nc1cc(C)ccc1C. The van der Waals surface area contributed by atoms with E-state index in [1.807, 2.05) is 32.0 Å². The van der Waals surface area contributed by atoms with Crippen LogP contribution in [0.3, 0.4) is 0 Å². The minimum Gasteiger partial charge on any atom is -0.483 e. The van der Waals surface area contributed by atoms with Crippen molar-refractivity contribution in [3.63, 3.8) is 0 Å². The van der Waals surface area contributed by atoms with Crippen molar-refractivity contribution in [2.24, 2.45) is 0 Å². The normalized spacial score (nSPS) is 10.0. The molecule has 0 bridgehead atoms. The Morgan fingerprint density at radius 1 is 1.09 bits per heavy atom. The van der Waals surface area contributed by atoms with Gasteiger partial charge in [0, 0.05) is 5.69 Å². The van der Waals surface area contributed by atoms with Crippen LogP contribution in [0.15, 0.2) is 42.5 Å². The molecule has 0 unspecified atom stereocenters. The van der Waals surface area contributed by atoms with Crippen molar-refractivity contribution in [1.29, 1.82) is 0 Å². The number of aryl methyl sites for hydroxylation is 2. The van der Waals surface area contributed by atoms with Gasteiger partial charge in [0.2, 0.25) is 0 Å². The third kappa shape index (κ3) is 4.32. The van der Waals surface area contributed by atoms with Crippen LogP contribution >= 0.6 is 0 Å². The maximum Gasteiger partial charge on any atom is 0.341 e. The van der Waals surface area contributed by atoms with Crippen LogP contribution in [0.1, 0.15) is 21.5 Å². The van der Waals surface area contributed by atoms with E-state index in [0.29, 0.717) is 5.75 Å². The lowest BCUT2D eigenvalue weighted by Crippen LogP contribution is -2.21. The third-order valence-corrected chi connectivity index (χ3v) is 3.32. The number of ether oxygens (including phenoxy) is 2. The van der Waals surface area contributed by atoms with E-state index in [2.05, 4.69) is 10.1 Å². The van der Waals surface area contributed by atoms with Gasteiger partial charge in [0.25, 0.3) is 5.91 Å². The van der Waals surface area contributed by atoms with Crippen LogP contribution in [0.25, 0.3) is 0 Å². The molecular weight excluding hydrogens is 294 g/mol. The molecule has 0 saturated carbocycles. The van der Waals surface area contributed by atoms with Crippen LogP contribution in [0, 0.1) is 13.8 Å². The number of methoxy groups -OCH3 is 1. The van der Waals surface area contributed by atoms with E-state index in [1.54, 1.807) is 24.3 Å². The van der Waals surface area contributed by atoms with E-state index in [4.69, 9.17) is 4.74 Å². The van der Waals surface area contributed by atoms with Gasteiger partial charge in [0.15, 0.2) is 6.61 Å². The van der Waals surface area contributed by atoms with Gasteiger partial charge in [-0.05, 0) is 43.2 Å². The molecule has 0 fully saturated rings. The van der Waals surface area contributed by atoms with Gasteiger partial charge in [-0.15, -0.1) is 0 Å². The summed E-state index contributed by atoms with van der Waals surface area (Å²) in [5, 5.41) is 2.80. The first-order valence-corrected chi connectivity index (χ1v) is 7.18. The first kappa shape index (κ1) is 16.5. The fourth-order valence-corrected chi connectivity index (χ4v) is 2.07. The number of benzene rings is 2. The molecule has 2 rings (SSSR count). The lowest BCUT2D eigenvalue weighted by Gasteiger charge is -2.12. The van der Waals surface area contributed by atoms with Crippen LogP contribution < -0.4 is 10.1 Å². The molecule has 0 aliphatic heterocycles. The van der Waals surface area contributed by atoms with Crippen LogP contribution in [0.4, 0.5) is 5.69 Å². The Labute approximate surface area is 135 Å². The van der Waals surface area contributed by atoms with Gasteiger partial charge in [0.05, 0.1) is 7.11 Å². The Morgan fingerprint density at radius 3 is 2.57 bits per heavy atom. The summed E-state index contributed by atoms with van der Waals surface area (Å²) in [6, 6.07) is 12.5. The highest BCUT2D eigenvalue weighted by molar-refractivity contribution is 5.94. The molecule has 1 amide bonds. The Kier molecular flexibility index (Phi) is 5.36. The highest BCUT2D eigenvalue weighted by atomic mass is 16.5. The van der Waals surface area contributed by atoms with Crippen molar-refractivity contribution in [3.05, 3.63) is 59.2 Å². The average molecular weight is 313 g/mol. The molecule has 0 atom stereocenters. The van der Waals surface area contributed by atoms with E-state index >= 15 is 0 Å². The Hall–Kier alpha value is -2.82. The number of carbonyl (C=O) groups excluding carboxylic acids is 2. The molecule has 0 saturated heterocycles. The summed E-state index contributed by atoms with van der Waals surface area (Å²) in [6.07, 6.45) is 0. The maximum absolute atomic E-state index is 12.0. The average Bonchev–Trinajstić information content (AvgIpc) is 2.56. The molecule has 5 heteroatoms. The Morgan fingerprint density at radius 2 is 1.83 bits per heavy atom. The predicted molar refractivity (Wildman–Crippen MR) is 87.8 cm³/mol. The van der Waals surface area contributed by atoms with E-state index in [1.165, 1.54) is 7.11 Å². The van der Waals surface area contributed by atoms with Crippen molar-refractivity contribution in [1.82, 2.24) is 0 Å². The van der Waals surface area contributed by atoms with Gasteiger partial charge in [-0.1, -0.05) is 24.3 Å². The summed E-state index contributed by atoms with van der Waals surface area (Å²) in [5.41, 5.74) is 3.07. The van der Waals surface area contributed by atoms with E-state index < -0.39 is 5.97 Å². The molecule has 0 aliphatic carbocycles. The van der Waals surface area contributed by atoms with Gasteiger partial charge in [0.1, 0.15) is 11.3 Å². The smallest absolute Gasteiger partial charge is 0.341 e. The summed E-state index contributed by atoms with van der Waals surface area (Å²) in [6.45, 7) is 3.68. The van der Waals surface area contributed by atoms with Gasteiger partial charge in [-0.3, -0.25) is 4.79 Å². The van der Waals surface area contributed by atoms with Crippen LogP contribution in [-0.2, 0) is 9.53 Å². The molecule has 0 spiro atoms. The maximum atomic E-state index is 12.0. The zero-order valence-corrected chi connectivity index (χ0v) is 13.4. The third-order valence-electron chi connectivity index (χ3n) is 3.32.